The first kappa shape index (κ1) is 15.3. The Bertz CT molecular complexity index is 621. The molecule has 108 valence electrons. The summed E-state index contributed by atoms with van der Waals surface area (Å²) in [6, 6.07) is 16.8. The van der Waals surface area contributed by atoms with Gasteiger partial charge in [0.05, 0.1) is 0 Å². The molecule has 0 spiro atoms. The maximum Gasteiger partial charge on any atom is 0.271 e. The molecule has 2 aromatic rings. The monoisotopic (exact) mass is 300 g/mol. The highest BCUT2D eigenvalue weighted by atomic mass is 35.5. The van der Waals surface area contributed by atoms with Crippen LogP contribution in [0.4, 0.5) is 0 Å². The first-order valence-corrected chi connectivity index (χ1v) is 7.22. The SMILES string of the molecule is CC/C(Cc1ccccc1)=N/NC(=O)c1ccc(Cl)cc1. The van der Waals surface area contributed by atoms with Crippen LogP contribution in [-0.4, -0.2) is 11.6 Å². The van der Waals surface area contributed by atoms with Gasteiger partial charge in [0, 0.05) is 22.7 Å². The van der Waals surface area contributed by atoms with E-state index in [4.69, 9.17) is 11.6 Å². The van der Waals surface area contributed by atoms with Gasteiger partial charge in [-0.15, -0.1) is 0 Å². The topological polar surface area (TPSA) is 41.5 Å². The van der Waals surface area contributed by atoms with Gasteiger partial charge in [-0.05, 0) is 36.2 Å². The van der Waals surface area contributed by atoms with Crippen molar-refractivity contribution in [3.05, 3.63) is 70.7 Å². The summed E-state index contributed by atoms with van der Waals surface area (Å²) in [4.78, 5) is 12.0. The third kappa shape index (κ3) is 4.72. The van der Waals surface area contributed by atoms with Crippen LogP contribution in [-0.2, 0) is 6.42 Å². The van der Waals surface area contributed by atoms with E-state index in [9.17, 15) is 4.79 Å². The normalized spacial score (nSPS) is 11.2. The van der Waals surface area contributed by atoms with Crippen molar-refractivity contribution in [2.45, 2.75) is 19.8 Å². The van der Waals surface area contributed by atoms with E-state index in [1.54, 1.807) is 24.3 Å². The second-order valence-electron chi connectivity index (χ2n) is 4.64. The third-order valence-electron chi connectivity index (χ3n) is 3.08. The van der Waals surface area contributed by atoms with Gasteiger partial charge < -0.3 is 0 Å². The molecule has 2 aromatic carbocycles. The molecule has 0 atom stereocenters. The van der Waals surface area contributed by atoms with E-state index in [1.807, 2.05) is 37.3 Å². The maximum absolute atomic E-state index is 12.0. The lowest BCUT2D eigenvalue weighted by Crippen LogP contribution is -2.20. The van der Waals surface area contributed by atoms with Gasteiger partial charge in [0.25, 0.3) is 5.91 Å². The molecule has 0 aliphatic rings. The summed E-state index contributed by atoms with van der Waals surface area (Å²) in [5, 5.41) is 4.83. The molecule has 1 N–H and O–H groups in total. The minimum atomic E-state index is -0.231. The molecule has 0 heterocycles. The Morgan fingerprint density at radius 3 is 2.38 bits per heavy atom. The van der Waals surface area contributed by atoms with E-state index in [-0.39, 0.29) is 5.91 Å². The number of nitrogens with zero attached hydrogens (tertiary/aromatic N) is 1. The van der Waals surface area contributed by atoms with Gasteiger partial charge in [-0.3, -0.25) is 4.79 Å². The number of hydrazone groups is 1. The molecule has 21 heavy (non-hydrogen) atoms. The van der Waals surface area contributed by atoms with Crippen molar-refractivity contribution in [3.63, 3.8) is 0 Å². The van der Waals surface area contributed by atoms with E-state index < -0.39 is 0 Å². The Labute approximate surface area is 129 Å². The number of hydrogen-bond acceptors (Lipinski definition) is 2. The van der Waals surface area contributed by atoms with Crippen molar-refractivity contribution in [1.82, 2.24) is 5.43 Å². The van der Waals surface area contributed by atoms with Crippen molar-refractivity contribution >= 4 is 23.2 Å². The van der Waals surface area contributed by atoms with Gasteiger partial charge in [0.1, 0.15) is 0 Å². The lowest BCUT2D eigenvalue weighted by Gasteiger charge is -2.05. The summed E-state index contributed by atoms with van der Waals surface area (Å²) < 4.78 is 0. The number of carbonyl (C=O) groups is 1. The maximum atomic E-state index is 12.0. The lowest BCUT2D eigenvalue weighted by atomic mass is 10.1. The molecule has 4 heteroatoms. The van der Waals surface area contributed by atoms with Gasteiger partial charge in [0.2, 0.25) is 0 Å². The molecule has 0 aliphatic heterocycles. The Hall–Kier alpha value is -2.13. The van der Waals surface area contributed by atoms with E-state index in [2.05, 4.69) is 10.5 Å². The number of nitrogens with one attached hydrogen (secondary N) is 1. The Morgan fingerprint density at radius 2 is 1.76 bits per heavy atom. The Balaban J connectivity index is 2.00. The first-order chi connectivity index (χ1) is 10.2. The highest BCUT2D eigenvalue weighted by molar-refractivity contribution is 6.30. The van der Waals surface area contributed by atoms with Crippen molar-refractivity contribution in [2.24, 2.45) is 5.10 Å². The second-order valence-corrected chi connectivity index (χ2v) is 5.08. The highest BCUT2D eigenvalue weighted by Gasteiger charge is 2.05. The van der Waals surface area contributed by atoms with Crippen LogP contribution < -0.4 is 5.43 Å². The summed E-state index contributed by atoms with van der Waals surface area (Å²) in [5.74, 6) is -0.231. The standard InChI is InChI=1S/C17H17ClN2O/c1-2-16(12-13-6-4-3-5-7-13)19-20-17(21)14-8-10-15(18)11-9-14/h3-11H,2,12H2,1H3,(H,20,21)/b19-16-. The zero-order chi connectivity index (χ0) is 15.1. The van der Waals surface area contributed by atoms with E-state index in [1.165, 1.54) is 5.56 Å². The van der Waals surface area contributed by atoms with E-state index in [0.717, 1.165) is 18.6 Å². The smallest absolute Gasteiger partial charge is 0.267 e. The molecule has 0 fully saturated rings. The van der Waals surface area contributed by atoms with Gasteiger partial charge in [-0.2, -0.15) is 5.10 Å². The molecule has 1 amide bonds. The fraction of sp³-hybridized carbons (Fsp3) is 0.176. The van der Waals surface area contributed by atoms with Gasteiger partial charge in [0.15, 0.2) is 0 Å². The number of rotatable bonds is 5. The molecule has 0 saturated heterocycles. The minimum absolute atomic E-state index is 0.231. The summed E-state index contributed by atoms with van der Waals surface area (Å²) >= 11 is 5.80. The minimum Gasteiger partial charge on any atom is -0.267 e. The first-order valence-electron chi connectivity index (χ1n) is 6.84. The molecular formula is C17H17ClN2O. The quantitative estimate of drug-likeness (QED) is 0.656. The fourth-order valence-electron chi connectivity index (χ4n) is 1.87. The zero-order valence-corrected chi connectivity index (χ0v) is 12.6. The van der Waals surface area contributed by atoms with Crippen LogP contribution in [0.2, 0.25) is 5.02 Å². The molecule has 0 aliphatic carbocycles. The summed E-state index contributed by atoms with van der Waals surface area (Å²) in [7, 11) is 0. The predicted molar refractivity (Wildman–Crippen MR) is 86.8 cm³/mol. The summed E-state index contributed by atoms with van der Waals surface area (Å²) in [6.07, 6.45) is 1.52. The largest absolute Gasteiger partial charge is 0.271 e. The van der Waals surface area contributed by atoms with E-state index >= 15 is 0 Å². The number of halogens is 1. The average molecular weight is 301 g/mol. The number of hydrogen-bond donors (Lipinski definition) is 1. The van der Waals surface area contributed by atoms with Gasteiger partial charge in [-0.25, -0.2) is 5.43 Å². The number of carbonyl (C=O) groups excluding carboxylic acids is 1. The predicted octanol–water partition coefficient (Wildman–Crippen LogP) is 4.08. The number of benzene rings is 2. The Kier molecular flexibility index (Phi) is 5.52. The van der Waals surface area contributed by atoms with Gasteiger partial charge >= 0.3 is 0 Å². The fourth-order valence-corrected chi connectivity index (χ4v) is 2.00. The lowest BCUT2D eigenvalue weighted by molar-refractivity contribution is 0.0954. The highest BCUT2D eigenvalue weighted by Crippen LogP contribution is 2.09. The molecule has 2 rings (SSSR count). The van der Waals surface area contributed by atoms with Crippen LogP contribution >= 0.6 is 11.6 Å². The molecule has 0 aromatic heterocycles. The van der Waals surface area contributed by atoms with Crippen LogP contribution in [0.1, 0.15) is 29.3 Å². The Morgan fingerprint density at radius 1 is 1.10 bits per heavy atom. The van der Waals surface area contributed by atoms with Crippen LogP contribution in [0.15, 0.2) is 59.7 Å². The molecule has 0 bridgehead atoms. The zero-order valence-electron chi connectivity index (χ0n) is 11.8. The van der Waals surface area contributed by atoms with Crippen molar-refractivity contribution in [3.8, 4) is 0 Å². The average Bonchev–Trinajstić information content (AvgIpc) is 2.52. The number of amides is 1. The summed E-state index contributed by atoms with van der Waals surface area (Å²) in [5.41, 5.74) is 5.25. The van der Waals surface area contributed by atoms with Crippen molar-refractivity contribution < 1.29 is 4.79 Å². The van der Waals surface area contributed by atoms with E-state index in [0.29, 0.717) is 10.6 Å². The molecule has 0 unspecified atom stereocenters. The van der Waals surface area contributed by atoms with Gasteiger partial charge in [-0.1, -0.05) is 48.9 Å². The van der Waals surface area contributed by atoms with Crippen LogP contribution in [0.3, 0.4) is 0 Å². The van der Waals surface area contributed by atoms with Crippen LogP contribution in [0, 0.1) is 0 Å². The third-order valence-corrected chi connectivity index (χ3v) is 3.33. The molecule has 0 saturated carbocycles. The van der Waals surface area contributed by atoms with Crippen LogP contribution in [0.25, 0.3) is 0 Å². The second kappa shape index (κ2) is 7.60. The van der Waals surface area contributed by atoms with Crippen LogP contribution in [0.5, 0.6) is 0 Å². The summed E-state index contributed by atoms with van der Waals surface area (Å²) in [6.45, 7) is 2.02. The van der Waals surface area contributed by atoms with Crippen molar-refractivity contribution in [1.29, 1.82) is 0 Å². The molecule has 0 radical (unpaired) electrons. The van der Waals surface area contributed by atoms with Crippen molar-refractivity contribution in [2.75, 3.05) is 0 Å². The molecular weight excluding hydrogens is 284 g/mol. The molecule has 3 nitrogen and oxygen atoms in total.